The summed E-state index contributed by atoms with van der Waals surface area (Å²) in [5.74, 6) is 2.23. The second kappa shape index (κ2) is 8.96. The molecule has 2 aliphatic carbocycles. The molecule has 142 valence electrons. The number of ether oxygens (including phenoxy) is 1. The number of carbonyl (C=O) groups excluding carboxylic acids is 2. The molecule has 0 aromatic heterocycles. The Kier molecular flexibility index (Phi) is 6.65. The van der Waals surface area contributed by atoms with Crippen molar-refractivity contribution in [1.29, 1.82) is 0 Å². The molecule has 2 amide bonds. The first kappa shape index (κ1) is 19.3. The van der Waals surface area contributed by atoms with Crippen molar-refractivity contribution in [2.75, 3.05) is 6.61 Å². The molecule has 3 atom stereocenters. The lowest BCUT2D eigenvalue weighted by Crippen LogP contribution is -2.42. The van der Waals surface area contributed by atoms with Crippen LogP contribution in [0.2, 0.25) is 10.0 Å². The molecule has 5 nitrogen and oxygen atoms in total. The third-order valence-corrected chi connectivity index (χ3v) is 5.90. The lowest BCUT2D eigenvalue weighted by Gasteiger charge is -2.20. The molecule has 0 saturated heterocycles. The first-order valence-electron chi connectivity index (χ1n) is 9.17. The van der Waals surface area contributed by atoms with E-state index in [0.29, 0.717) is 47.1 Å². The van der Waals surface area contributed by atoms with Gasteiger partial charge in [-0.2, -0.15) is 0 Å². The van der Waals surface area contributed by atoms with Crippen LogP contribution in [-0.4, -0.2) is 18.4 Å². The Balaban J connectivity index is 1.27. The Bertz CT molecular complexity index is 668. The number of halogens is 2. The van der Waals surface area contributed by atoms with Crippen LogP contribution >= 0.6 is 23.2 Å². The molecule has 3 rings (SSSR count). The average Bonchev–Trinajstić information content (AvgIpc) is 3.21. The summed E-state index contributed by atoms with van der Waals surface area (Å²) in [6.45, 7) is 0.355. The van der Waals surface area contributed by atoms with Crippen molar-refractivity contribution in [2.24, 2.45) is 17.8 Å². The van der Waals surface area contributed by atoms with Crippen LogP contribution < -0.4 is 15.6 Å². The zero-order valence-electron chi connectivity index (χ0n) is 14.6. The summed E-state index contributed by atoms with van der Waals surface area (Å²) in [4.78, 5) is 23.8. The summed E-state index contributed by atoms with van der Waals surface area (Å²) in [6.07, 6.45) is 6.32. The van der Waals surface area contributed by atoms with Gasteiger partial charge in [-0.25, -0.2) is 0 Å². The highest BCUT2D eigenvalue weighted by Crippen LogP contribution is 2.49. The third-order valence-electron chi connectivity index (χ3n) is 5.37. The minimum Gasteiger partial charge on any atom is -0.492 e. The van der Waals surface area contributed by atoms with E-state index in [0.717, 1.165) is 12.3 Å². The van der Waals surface area contributed by atoms with Gasteiger partial charge in [-0.05, 0) is 61.6 Å². The standard InChI is InChI=1S/C19H24Cl2N2O3/c20-15-5-6-17(16(21)11-15)26-7-1-2-18(24)22-23-19(25)10-14-9-12-3-4-13(14)8-12/h5-6,11-14H,1-4,7-10H2,(H,22,24)(H,23,25). The van der Waals surface area contributed by atoms with Gasteiger partial charge in [0.25, 0.3) is 0 Å². The number of nitrogens with one attached hydrogen (secondary N) is 2. The Morgan fingerprint density at radius 3 is 2.62 bits per heavy atom. The van der Waals surface area contributed by atoms with Crippen LogP contribution in [0.15, 0.2) is 18.2 Å². The van der Waals surface area contributed by atoms with Crippen molar-refractivity contribution < 1.29 is 14.3 Å². The number of benzene rings is 1. The molecule has 2 N–H and O–H groups in total. The SMILES string of the molecule is O=C(CCCOc1ccc(Cl)cc1Cl)NNC(=O)CC1CC2CCC1C2. The monoisotopic (exact) mass is 398 g/mol. The predicted molar refractivity (Wildman–Crippen MR) is 101 cm³/mol. The molecule has 0 radical (unpaired) electrons. The van der Waals surface area contributed by atoms with E-state index in [9.17, 15) is 9.59 Å². The van der Waals surface area contributed by atoms with E-state index in [4.69, 9.17) is 27.9 Å². The average molecular weight is 399 g/mol. The molecule has 26 heavy (non-hydrogen) atoms. The molecule has 0 spiro atoms. The number of hydrogen-bond acceptors (Lipinski definition) is 3. The minimum absolute atomic E-state index is 0.0971. The quantitative estimate of drug-likeness (QED) is 0.535. The van der Waals surface area contributed by atoms with Gasteiger partial charge in [0, 0.05) is 17.9 Å². The van der Waals surface area contributed by atoms with Crippen molar-refractivity contribution in [3.05, 3.63) is 28.2 Å². The molecular formula is C19H24Cl2N2O3. The van der Waals surface area contributed by atoms with Gasteiger partial charge in [0.05, 0.1) is 11.6 Å². The molecule has 0 aliphatic heterocycles. The van der Waals surface area contributed by atoms with Crippen LogP contribution in [-0.2, 0) is 9.59 Å². The van der Waals surface area contributed by atoms with Gasteiger partial charge in [-0.1, -0.05) is 29.6 Å². The number of hydrazine groups is 1. The van der Waals surface area contributed by atoms with E-state index >= 15 is 0 Å². The maximum absolute atomic E-state index is 12.0. The fourth-order valence-electron chi connectivity index (χ4n) is 4.12. The van der Waals surface area contributed by atoms with Crippen LogP contribution in [0.5, 0.6) is 5.75 Å². The molecule has 2 aliphatic rings. The van der Waals surface area contributed by atoms with E-state index in [-0.39, 0.29) is 18.2 Å². The maximum atomic E-state index is 12.0. The number of amides is 2. The Morgan fingerprint density at radius 1 is 1.12 bits per heavy atom. The van der Waals surface area contributed by atoms with E-state index in [2.05, 4.69) is 10.9 Å². The van der Waals surface area contributed by atoms with Crippen LogP contribution in [0.3, 0.4) is 0 Å². The van der Waals surface area contributed by atoms with Crippen LogP contribution in [0.1, 0.15) is 44.9 Å². The maximum Gasteiger partial charge on any atom is 0.238 e. The fraction of sp³-hybridized carbons (Fsp3) is 0.579. The van der Waals surface area contributed by atoms with Gasteiger partial charge in [-0.3, -0.25) is 20.4 Å². The van der Waals surface area contributed by atoms with Crippen LogP contribution in [0.4, 0.5) is 0 Å². The van der Waals surface area contributed by atoms with Crippen molar-refractivity contribution in [3.8, 4) is 5.75 Å². The highest BCUT2D eigenvalue weighted by molar-refractivity contribution is 6.35. The van der Waals surface area contributed by atoms with Crippen molar-refractivity contribution in [3.63, 3.8) is 0 Å². The smallest absolute Gasteiger partial charge is 0.238 e. The third kappa shape index (κ3) is 5.27. The second-order valence-electron chi connectivity index (χ2n) is 7.26. The van der Waals surface area contributed by atoms with Gasteiger partial charge in [-0.15, -0.1) is 0 Å². The zero-order chi connectivity index (χ0) is 18.5. The molecule has 2 bridgehead atoms. The lowest BCUT2D eigenvalue weighted by molar-refractivity contribution is -0.129. The van der Waals surface area contributed by atoms with Crippen molar-refractivity contribution in [2.45, 2.75) is 44.9 Å². The molecule has 2 fully saturated rings. The van der Waals surface area contributed by atoms with E-state index in [1.54, 1.807) is 18.2 Å². The number of hydrogen-bond donors (Lipinski definition) is 2. The summed E-state index contributed by atoms with van der Waals surface area (Å²) in [7, 11) is 0. The van der Waals surface area contributed by atoms with Gasteiger partial charge < -0.3 is 4.74 Å². The zero-order valence-corrected chi connectivity index (χ0v) is 16.1. The van der Waals surface area contributed by atoms with Gasteiger partial charge in [0.15, 0.2) is 0 Å². The van der Waals surface area contributed by atoms with Gasteiger partial charge >= 0.3 is 0 Å². The number of carbonyl (C=O) groups is 2. The highest BCUT2D eigenvalue weighted by Gasteiger charge is 2.40. The molecule has 7 heteroatoms. The highest BCUT2D eigenvalue weighted by atomic mass is 35.5. The van der Waals surface area contributed by atoms with E-state index in [1.165, 1.54) is 19.3 Å². The Hall–Kier alpha value is -1.46. The molecular weight excluding hydrogens is 375 g/mol. The summed E-state index contributed by atoms with van der Waals surface area (Å²) >= 11 is 11.8. The Labute approximate surface area is 163 Å². The van der Waals surface area contributed by atoms with Crippen molar-refractivity contribution in [1.82, 2.24) is 10.9 Å². The van der Waals surface area contributed by atoms with E-state index < -0.39 is 0 Å². The Morgan fingerprint density at radius 2 is 1.92 bits per heavy atom. The summed E-state index contributed by atoms with van der Waals surface area (Å²) < 4.78 is 5.53. The molecule has 0 heterocycles. The number of fused-ring (bicyclic) bond motifs is 2. The van der Waals surface area contributed by atoms with Gasteiger partial charge in [0.1, 0.15) is 5.75 Å². The lowest BCUT2D eigenvalue weighted by atomic mass is 9.86. The first-order chi connectivity index (χ1) is 12.5. The minimum atomic E-state index is -0.225. The van der Waals surface area contributed by atoms with Crippen LogP contribution in [0, 0.1) is 17.8 Å². The second-order valence-corrected chi connectivity index (χ2v) is 8.11. The fourth-order valence-corrected chi connectivity index (χ4v) is 4.59. The topological polar surface area (TPSA) is 67.4 Å². The normalized spacial score (nSPS) is 23.7. The van der Waals surface area contributed by atoms with Crippen LogP contribution in [0.25, 0.3) is 0 Å². The predicted octanol–water partition coefficient (Wildman–Crippen LogP) is 4.13. The number of rotatable bonds is 7. The summed E-state index contributed by atoms with van der Waals surface area (Å²) in [5, 5.41) is 0.984. The molecule has 1 aromatic rings. The van der Waals surface area contributed by atoms with E-state index in [1.807, 2.05) is 0 Å². The summed E-state index contributed by atoms with van der Waals surface area (Å²) in [5.41, 5.74) is 5.01. The summed E-state index contributed by atoms with van der Waals surface area (Å²) in [6, 6.07) is 5.00. The molecule has 1 aromatic carbocycles. The van der Waals surface area contributed by atoms with Crippen molar-refractivity contribution >= 4 is 35.0 Å². The van der Waals surface area contributed by atoms with Gasteiger partial charge in [0.2, 0.25) is 11.8 Å². The largest absolute Gasteiger partial charge is 0.492 e. The first-order valence-corrected chi connectivity index (χ1v) is 9.92. The molecule has 2 saturated carbocycles. The molecule has 3 unspecified atom stereocenters.